The normalized spacial score (nSPS) is 17.7. The van der Waals surface area contributed by atoms with Crippen molar-refractivity contribution in [1.29, 1.82) is 0 Å². The molecule has 0 spiro atoms. The number of amides is 1. The van der Waals surface area contributed by atoms with Gasteiger partial charge in [0.1, 0.15) is 25.3 Å². The Bertz CT molecular complexity index is 779. The molecule has 0 radical (unpaired) electrons. The Balaban J connectivity index is 1.48. The summed E-state index contributed by atoms with van der Waals surface area (Å²) < 4.78 is 12.9. The van der Waals surface area contributed by atoms with Gasteiger partial charge in [0.05, 0.1) is 6.61 Å². The van der Waals surface area contributed by atoms with Crippen molar-refractivity contribution < 1.29 is 14.3 Å². The number of hydrogen-bond donors (Lipinski definition) is 0. The molecule has 1 aromatic heterocycles. The molecular weight excluding hydrogens is 358 g/mol. The summed E-state index contributed by atoms with van der Waals surface area (Å²) in [4.78, 5) is 20.9. The Labute approximate surface area is 166 Å². The second kappa shape index (κ2) is 9.66. The first-order valence-electron chi connectivity index (χ1n) is 9.71. The standard InChI is InChI=1S/C20H29N5O3/c1-4-28-18-8-6-5-7-17(18)12-24-9-10-25(16(2)11-24)20(26)14-27-13-19-21-15-22-23(19)3/h5-8,15-16H,4,9-14H2,1-3H3. The van der Waals surface area contributed by atoms with Gasteiger partial charge in [-0.3, -0.25) is 14.4 Å². The van der Waals surface area contributed by atoms with E-state index in [-0.39, 0.29) is 25.2 Å². The fourth-order valence-corrected chi connectivity index (χ4v) is 3.48. The maximum Gasteiger partial charge on any atom is 0.248 e. The van der Waals surface area contributed by atoms with Gasteiger partial charge in [-0.2, -0.15) is 5.10 Å². The summed E-state index contributed by atoms with van der Waals surface area (Å²) in [7, 11) is 1.80. The number of rotatable bonds is 8. The van der Waals surface area contributed by atoms with E-state index in [0.29, 0.717) is 19.0 Å². The highest BCUT2D eigenvalue weighted by Gasteiger charge is 2.27. The lowest BCUT2D eigenvalue weighted by Gasteiger charge is -2.40. The number of ether oxygens (including phenoxy) is 2. The predicted octanol–water partition coefficient (Wildman–Crippen LogP) is 1.46. The molecular formula is C20H29N5O3. The van der Waals surface area contributed by atoms with E-state index in [2.05, 4.69) is 28.0 Å². The lowest BCUT2D eigenvalue weighted by molar-refractivity contribution is -0.141. The summed E-state index contributed by atoms with van der Waals surface area (Å²) in [5.41, 5.74) is 1.18. The molecule has 2 heterocycles. The van der Waals surface area contributed by atoms with Gasteiger partial charge in [-0.25, -0.2) is 4.98 Å². The Morgan fingerprint density at radius 3 is 2.82 bits per heavy atom. The number of benzene rings is 1. The SMILES string of the molecule is CCOc1ccccc1CN1CCN(C(=O)COCc2ncnn2C)C(C)C1. The van der Waals surface area contributed by atoms with Crippen LogP contribution in [-0.4, -0.2) is 69.4 Å². The van der Waals surface area contributed by atoms with Crippen molar-refractivity contribution in [3.63, 3.8) is 0 Å². The van der Waals surface area contributed by atoms with Crippen LogP contribution in [0.15, 0.2) is 30.6 Å². The van der Waals surface area contributed by atoms with Gasteiger partial charge in [-0.1, -0.05) is 18.2 Å². The number of carbonyl (C=O) groups is 1. The molecule has 0 N–H and O–H groups in total. The van der Waals surface area contributed by atoms with Gasteiger partial charge in [0.25, 0.3) is 0 Å². The van der Waals surface area contributed by atoms with E-state index in [0.717, 1.165) is 25.4 Å². The number of carbonyl (C=O) groups excluding carboxylic acids is 1. The van der Waals surface area contributed by atoms with E-state index in [1.807, 2.05) is 30.0 Å². The van der Waals surface area contributed by atoms with Crippen LogP contribution in [0.1, 0.15) is 25.2 Å². The monoisotopic (exact) mass is 387 g/mol. The Kier molecular flexibility index (Phi) is 7.00. The van der Waals surface area contributed by atoms with Crippen molar-refractivity contribution in [2.45, 2.75) is 33.0 Å². The van der Waals surface area contributed by atoms with Crippen molar-refractivity contribution in [3.8, 4) is 5.75 Å². The maximum absolute atomic E-state index is 12.5. The second-order valence-corrected chi connectivity index (χ2v) is 7.00. The summed E-state index contributed by atoms with van der Waals surface area (Å²) in [6.45, 7) is 8.26. The molecule has 0 aliphatic carbocycles. The van der Waals surface area contributed by atoms with Crippen molar-refractivity contribution >= 4 is 5.91 Å². The lowest BCUT2D eigenvalue weighted by atomic mass is 10.1. The summed E-state index contributed by atoms with van der Waals surface area (Å²) in [6, 6.07) is 8.28. The Morgan fingerprint density at radius 2 is 2.11 bits per heavy atom. The van der Waals surface area contributed by atoms with Crippen LogP contribution in [0.5, 0.6) is 5.75 Å². The van der Waals surface area contributed by atoms with Crippen molar-refractivity contribution in [2.24, 2.45) is 7.05 Å². The van der Waals surface area contributed by atoms with E-state index in [1.165, 1.54) is 11.9 Å². The van der Waals surface area contributed by atoms with E-state index < -0.39 is 0 Å². The third kappa shape index (κ3) is 5.08. The zero-order valence-corrected chi connectivity index (χ0v) is 16.9. The van der Waals surface area contributed by atoms with Gasteiger partial charge in [-0.05, 0) is 19.9 Å². The number of aryl methyl sites for hydroxylation is 1. The minimum absolute atomic E-state index is 0.0176. The smallest absolute Gasteiger partial charge is 0.248 e. The molecule has 1 aliphatic rings. The fourth-order valence-electron chi connectivity index (χ4n) is 3.48. The van der Waals surface area contributed by atoms with E-state index in [4.69, 9.17) is 9.47 Å². The largest absolute Gasteiger partial charge is 0.494 e. The molecule has 1 fully saturated rings. The molecule has 152 valence electrons. The zero-order chi connectivity index (χ0) is 19.9. The fraction of sp³-hybridized carbons (Fsp3) is 0.550. The molecule has 1 unspecified atom stereocenters. The second-order valence-electron chi connectivity index (χ2n) is 7.00. The topological polar surface area (TPSA) is 72.7 Å². The minimum atomic E-state index is 0.0176. The van der Waals surface area contributed by atoms with E-state index >= 15 is 0 Å². The highest BCUT2D eigenvalue weighted by Crippen LogP contribution is 2.21. The molecule has 0 bridgehead atoms. The molecule has 28 heavy (non-hydrogen) atoms. The molecule has 3 rings (SSSR count). The van der Waals surface area contributed by atoms with Crippen LogP contribution in [0.25, 0.3) is 0 Å². The van der Waals surface area contributed by atoms with Crippen LogP contribution in [0.4, 0.5) is 0 Å². The number of hydrogen-bond acceptors (Lipinski definition) is 6. The highest BCUT2D eigenvalue weighted by atomic mass is 16.5. The van der Waals surface area contributed by atoms with Gasteiger partial charge >= 0.3 is 0 Å². The van der Waals surface area contributed by atoms with Crippen LogP contribution in [0.3, 0.4) is 0 Å². The Hall–Kier alpha value is -2.45. The van der Waals surface area contributed by atoms with Gasteiger partial charge < -0.3 is 14.4 Å². The van der Waals surface area contributed by atoms with Crippen LogP contribution in [-0.2, 0) is 29.7 Å². The van der Waals surface area contributed by atoms with Crippen molar-refractivity contribution in [3.05, 3.63) is 42.0 Å². The number of aromatic nitrogens is 3. The first-order valence-corrected chi connectivity index (χ1v) is 9.71. The molecule has 1 aromatic carbocycles. The third-order valence-corrected chi connectivity index (χ3v) is 4.96. The van der Waals surface area contributed by atoms with Crippen molar-refractivity contribution in [1.82, 2.24) is 24.6 Å². The van der Waals surface area contributed by atoms with E-state index in [9.17, 15) is 4.79 Å². The first kappa shape index (κ1) is 20.3. The number of para-hydroxylation sites is 1. The average Bonchev–Trinajstić information content (AvgIpc) is 3.08. The molecule has 1 amide bonds. The molecule has 8 heteroatoms. The molecule has 0 saturated carbocycles. The van der Waals surface area contributed by atoms with Crippen molar-refractivity contribution in [2.75, 3.05) is 32.8 Å². The number of nitrogens with zero attached hydrogens (tertiary/aromatic N) is 5. The highest BCUT2D eigenvalue weighted by molar-refractivity contribution is 5.77. The van der Waals surface area contributed by atoms with Crippen LogP contribution in [0.2, 0.25) is 0 Å². The van der Waals surface area contributed by atoms with Crippen LogP contribution < -0.4 is 4.74 Å². The minimum Gasteiger partial charge on any atom is -0.494 e. The Morgan fingerprint density at radius 1 is 1.29 bits per heavy atom. The quantitative estimate of drug-likeness (QED) is 0.683. The molecule has 8 nitrogen and oxygen atoms in total. The van der Waals surface area contributed by atoms with Gasteiger partial charge in [0, 0.05) is 44.8 Å². The zero-order valence-electron chi connectivity index (χ0n) is 16.9. The average molecular weight is 387 g/mol. The van der Waals surface area contributed by atoms with Gasteiger partial charge in [0.2, 0.25) is 5.91 Å². The molecule has 1 atom stereocenters. The predicted molar refractivity (Wildman–Crippen MR) is 105 cm³/mol. The van der Waals surface area contributed by atoms with E-state index in [1.54, 1.807) is 11.7 Å². The molecule has 1 aliphatic heterocycles. The number of piperazine rings is 1. The van der Waals surface area contributed by atoms with Crippen LogP contribution in [0, 0.1) is 0 Å². The third-order valence-electron chi connectivity index (χ3n) is 4.96. The van der Waals surface area contributed by atoms with Crippen LogP contribution >= 0.6 is 0 Å². The molecule has 1 saturated heterocycles. The molecule has 2 aromatic rings. The van der Waals surface area contributed by atoms with Gasteiger partial charge in [-0.15, -0.1) is 0 Å². The summed E-state index contributed by atoms with van der Waals surface area (Å²) in [6.07, 6.45) is 1.48. The summed E-state index contributed by atoms with van der Waals surface area (Å²) in [5, 5.41) is 3.99. The lowest BCUT2D eigenvalue weighted by Crippen LogP contribution is -2.54. The van der Waals surface area contributed by atoms with Gasteiger partial charge in [0.15, 0.2) is 5.82 Å². The maximum atomic E-state index is 12.5. The summed E-state index contributed by atoms with van der Waals surface area (Å²) in [5.74, 6) is 1.66. The summed E-state index contributed by atoms with van der Waals surface area (Å²) >= 11 is 0. The first-order chi connectivity index (χ1) is 13.6.